The van der Waals surface area contributed by atoms with E-state index in [2.05, 4.69) is 37.7 Å². The lowest BCUT2D eigenvalue weighted by Crippen LogP contribution is -2.21. The quantitative estimate of drug-likeness (QED) is 0.494. The number of rotatable bonds is 6. The first-order valence-electron chi connectivity index (χ1n) is 6.89. The third-order valence-corrected chi connectivity index (χ3v) is 3.53. The summed E-state index contributed by atoms with van der Waals surface area (Å²) >= 11 is 0. The van der Waals surface area contributed by atoms with Crippen molar-refractivity contribution in [3.63, 3.8) is 0 Å². The van der Waals surface area contributed by atoms with E-state index in [1.165, 1.54) is 0 Å². The lowest BCUT2D eigenvalue weighted by Gasteiger charge is -2.15. The Labute approximate surface area is 123 Å². The summed E-state index contributed by atoms with van der Waals surface area (Å²) in [5, 5.41) is 9.93. The molecule has 0 aromatic heterocycles. The molecule has 2 nitrogen and oxygen atoms in total. The van der Waals surface area contributed by atoms with Gasteiger partial charge in [0.25, 0.3) is 0 Å². The first-order valence-corrected chi connectivity index (χ1v) is 10.4. The average molecular weight is 288 g/mol. The highest BCUT2D eigenvalue weighted by Crippen LogP contribution is 2.09. The lowest BCUT2D eigenvalue weighted by molar-refractivity contribution is 0.0438. The maximum absolute atomic E-state index is 9.93. The predicted molar refractivity (Wildman–Crippen MR) is 87.0 cm³/mol. The van der Waals surface area contributed by atoms with Crippen LogP contribution in [0.1, 0.15) is 12.0 Å². The number of hydrogen-bond acceptors (Lipinski definition) is 2. The number of ether oxygens (including phenoxy) is 1. The predicted octanol–water partition coefficient (Wildman–Crippen LogP) is 3.39. The van der Waals surface area contributed by atoms with Crippen LogP contribution in [0.5, 0.6) is 0 Å². The van der Waals surface area contributed by atoms with Gasteiger partial charge in [0.1, 0.15) is 14.2 Å². The highest BCUT2D eigenvalue weighted by atomic mass is 28.3. The Bertz CT molecular complexity index is 465. The number of benzene rings is 1. The number of aliphatic hydroxyl groups is 1. The van der Waals surface area contributed by atoms with E-state index in [9.17, 15) is 5.11 Å². The van der Waals surface area contributed by atoms with Crippen molar-refractivity contribution in [2.45, 2.75) is 44.9 Å². The molecule has 0 fully saturated rings. The Morgan fingerprint density at radius 3 is 2.50 bits per heavy atom. The fourth-order valence-electron chi connectivity index (χ4n) is 1.59. The molecule has 2 atom stereocenters. The average Bonchev–Trinajstić information content (AvgIpc) is 2.41. The van der Waals surface area contributed by atoms with Gasteiger partial charge in [-0.1, -0.05) is 62.0 Å². The second-order valence-electron chi connectivity index (χ2n) is 5.84. The molecular formula is C17H24O2Si. The van der Waals surface area contributed by atoms with Gasteiger partial charge < -0.3 is 9.84 Å². The van der Waals surface area contributed by atoms with Crippen LogP contribution in [-0.2, 0) is 11.3 Å². The monoisotopic (exact) mass is 288 g/mol. The van der Waals surface area contributed by atoms with Gasteiger partial charge in [0, 0.05) is 6.42 Å². The molecule has 0 radical (unpaired) electrons. The van der Waals surface area contributed by atoms with Crippen molar-refractivity contribution in [3.05, 3.63) is 48.6 Å². The molecule has 0 spiro atoms. The molecule has 3 heteroatoms. The minimum absolute atomic E-state index is 0.179. The highest BCUT2D eigenvalue weighted by molar-refractivity contribution is 6.83. The number of aliphatic hydroxyl groups excluding tert-OH is 1. The van der Waals surface area contributed by atoms with Gasteiger partial charge in [-0.15, -0.1) is 12.1 Å². The molecule has 1 aromatic rings. The zero-order chi connectivity index (χ0) is 15.0. The van der Waals surface area contributed by atoms with Crippen molar-refractivity contribution in [1.82, 2.24) is 0 Å². The fourth-order valence-corrected chi connectivity index (χ4v) is 2.19. The summed E-state index contributed by atoms with van der Waals surface area (Å²) in [6.07, 6.45) is 1.36. The molecule has 0 aliphatic carbocycles. The van der Waals surface area contributed by atoms with Crippen LogP contribution in [0.3, 0.4) is 0 Å². The Morgan fingerprint density at radius 1 is 1.30 bits per heavy atom. The summed E-state index contributed by atoms with van der Waals surface area (Å²) in [5.41, 5.74) is 4.29. The Kier molecular flexibility index (Phi) is 6.73. The van der Waals surface area contributed by atoms with Gasteiger partial charge in [0.2, 0.25) is 0 Å². The normalized spacial score (nSPS) is 14.0. The van der Waals surface area contributed by atoms with Crippen LogP contribution < -0.4 is 0 Å². The minimum atomic E-state index is -1.44. The van der Waals surface area contributed by atoms with Crippen LogP contribution in [0.2, 0.25) is 19.6 Å². The summed E-state index contributed by atoms with van der Waals surface area (Å²) < 4.78 is 5.75. The summed E-state index contributed by atoms with van der Waals surface area (Å²) in [4.78, 5) is 0. The van der Waals surface area contributed by atoms with E-state index < -0.39 is 14.2 Å². The molecule has 0 bridgehead atoms. The van der Waals surface area contributed by atoms with E-state index in [1.54, 1.807) is 6.08 Å². The smallest absolute Gasteiger partial charge is 0.129 e. The van der Waals surface area contributed by atoms with Crippen LogP contribution in [0, 0.1) is 11.5 Å². The van der Waals surface area contributed by atoms with Crippen molar-refractivity contribution >= 4 is 8.07 Å². The summed E-state index contributed by atoms with van der Waals surface area (Å²) in [6, 6.07) is 9.97. The molecule has 1 aromatic carbocycles. The van der Waals surface area contributed by atoms with Gasteiger partial charge in [-0.3, -0.25) is 0 Å². The standard InChI is InChI=1S/C17H24O2Si/c1-5-17(13-16(18)11-12-20(2,3)4)19-14-15-9-7-6-8-10-15/h5-10,16-18H,1,13-14H2,2-4H3/t16-,17+/m0/s1. The largest absolute Gasteiger partial charge is 0.380 e. The first kappa shape index (κ1) is 16.7. The second-order valence-corrected chi connectivity index (χ2v) is 10.6. The van der Waals surface area contributed by atoms with Crippen LogP contribution in [0.4, 0.5) is 0 Å². The highest BCUT2D eigenvalue weighted by Gasteiger charge is 2.12. The maximum Gasteiger partial charge on any atom is 0.129 e. The zero-order valence-corrected chi connectivity index (χ0v) is 13.6. The lowest BCUT2D eigenvalue weighted by atomic mass is 10.1. The summed E-state index contributed by atoms with van der Waals surface area (Å²) in [6.45, 7) is 10.7. The molecule has 1 rings (SSSR count). The molecule has 0 aliphatic rings. The van der Waals surface area contributed by atoms with E-state index >= 15 is 0 Å². The van der Waals surface area contributed by atoms with Crippen molar-refractivity contribution in [2.75, 3.05) is 0 Å². The molecule has 0 unspecified atom stereocenters. The van der Waals surface area contributed by atoms with Gasteiger partial charge in [0.05, 0.1) is 12.7 Å². The van der Waals surface area contributed by atoms with Gasteiger partial charge in [0.15, 0.2) is 0 Å². The van der Waals surface area contributed by atoms with E-state index in [1.807, 2.05) is 30.3 Å². The van der Waals surface area contributed by atoms with Crippen molar-refractivity contribution in [1.29, 1.82) is 0 Å². The van der Waals surface area contributed by atoms with Gasteiger partial charge in [-0.25, -0.2) is 0 Å². The van der Waals surface area contributed by atoms with Crippen LogP contribution in [0.15, 0.2) is 43.0 Å². The van der Waals surface area contributed by atoms with Crippen LogP contribution in [-0.4, -0.2) is 25.4 Å². The topological polar surface area (TPSA) is 29.5 Å². The van der Waals surface area contributed by atoms with Crippen LogP contribution in [0.25, 0.3) is 0 Å². The fraction of sp³-hybridized carbons (Fsp3) is 0.412. The third kappa shape index (κ3) is 7.30. The van der Waals surface area contributed by atoms with Gasteiger partial charge in [-0.2, -0.15) is 0 Å². The molecule has 0 saturated carbocycles. The van der Waals surface area contributed by atoms with Crippen molar-refractivity contribution in [2.24, 2.45) is 0 Å². The first-order chi connectivity index (χ1) is 9.40. The molecule has 1 N–H and O–H groups in total. The van der Waals surface area contributed by atoms with Gasteiger partial charge >= 0.3 is 0 Å². The Balaban J connectivity index is 2.46. The zero-order valence-electron chi connectivity index (χ0n) is 12.6. The van der Waals surface area contributed by atoms with E-state index in [-0.39, 0.29) is 6.10 Å². The minimum Gasteiger partial charge on any atom is -0.380 e. The molecule has 108 valence electrons. The Hall–Kier alpha value is -1.34. The van der Waals surface area contributed by atoms with E-state index in [0.29, 0.717) is 13.0 Å². The van der Waals surface area contributed by atoms with Crippen LogP contribution >= 0.6 is 0 Å². The van der Waals surface area contributed by atoms with Crippen molar-refractivity contribution in [3.8, 4) is 11.5 Å². The molecular weight excluding hydrogens is 264 g/mol. The Morgan fingerprint density at radius 2 is 1.95 bits per heavy atom. The number of hydrogen-bond donors (Lipinski definition) is 1. The molecule has 0 saturated heterocycles. The maximum atomic E-state index is 9.93. The molecule has 20 heavy (non-hydrogen) atoms. The van der Waals surface area contributed by atoms with E-state index in [4.69, 9.17) is 4.74 Å². The molecule has 0 aliphatic heterocycles. The molecule has 0 amide bonds. The summed E-state index contributed by atoms with van der Waals surface area (Å²) in [7, 11) is -1.44. The SMILES string of the molecule is C=C[C@H](C[C@@H](O)C#C[Si](C)(C)C)OCc1ccccc1. The molecule has 0 heterocycles. The van der Waals surface area contributed by atoms with Crippen molar-refractivity contribution < 1.29 is 9.84 Å². The third-order valence-electron chi connectivity index (χ3n) is 2.64. The van der Waals surface area contributed by atoms with Gasteiger partial charge in [-0.05, 0) is 5.56 Å². The summed E-state index contributed by atoms with van der Waals surface area (Å²) in [5.74, 6) is 2.93. The second kappa shape index (κ2) is 8.06. The van der Waals surface area contributed by atoms with E-state index in [0.717, 1.165) is 5.56 Å².